The van der Waals surface area contributed by atoms with Crippen molar-refractivity contribution >= 4 is 33.5 Å². The van der Waals surface area contributed by atoms with Crippen LogP contribution in [0.25, 0.3) is 0 Å². The van der Waals surface area contributed by atoms with Gasteiger partial charge in [0.15, 0.2) is 5.75 Å². The normalized spacial score (nSPS) is 9.77. The molecule has 0 saturated carbocycles. The van der Waals surface area contributed by atoms with Crippen molar-refractivity contribution < 1.29 is 9.53 Å². The number of carbonyl (C=O) groups is 1. The molecule has 0 unspecified atom stereocenters. The molecule has 1 aromatic rings. The Morgan fingerprint density at radius 2 is 2.31 bits per heavy atom. The molecule has 13 heavy (non-hydrogen) atoms. The van der Waals surface area contributed by atoms with E-state index >= 15 is 0 Å². The zero-order chi connectivity index (χ0) is 9.84. The van der Waals surface area contributed by atoms with Gasteiger partial charge in [0.05, 0.1) is 9.50 Å². The lowest BCUT2D eigenvalue weighted by molar-refractivity contribution is -0.134. The number of benzene rings is 1. The number of esters is 1. The number of carbonyl (C=O) groups excluding carboxylic acids is 1. The maximum atomic E-state index is 11.0. The Hall–Kier alpha value is -0.540. The minimum absolute atomic E-state index is 0.297. The van der Waals surface area contributed by atoms with E-state index in [1.54, 1.807) is 25.1 Å². The van der Waals surface area contributed by atoms with Crippen molar-refractivity contribution in [3.8, 4) is 5.75 Å². The molecule has 0 aromatic heterocycles. The summed E-state index contributed by atoms with van der Waals surface area (Å²) in [6.45, 7) is 1.73. The largest absolute Gasteiger partial charge is 0.424 e. The molecule has 0 fully saturated rings. The summed E-state index contributed by atoms with van der Waals surface area (Å²) in [7, 11) is 0. The Bertz CT molecular complexity index is 305. The van der Waals surface area contributed by atoms with Gasteiger partial charge >= 0.3 is 5.97 Å². The molecule has 0 atom stereocenters. The summed E-state index contributed by atoms with van der Waals surface area (Å²) in [5, 5.41) is 0.427. The van der Waals surface area contributed by atoms with Gasteiger partial charge in [-0.05, 0) is 28.1 Å². The molecule has 1 aromatic carbocycles. The number of halogens is 2. The molecule has 0 heterocycles. The van der Waals surface area contributed by atoms with Gasteiger partial charge in [0.2, 0.25) is 0 Å². The summed E-state index contributed by atoms with van der Waals surface area (Å²) in [4.78, 5) is 11.0. The molecule has 0 aliphatic carbocycles. The first-order valence-electron chi connectivity index (χ1n) is 3.80. The van der Waals surface area contributed by atoms with Crippen LogP contribution >= 0.6 is 27.5 Å². The number of para-hydroxylation sites is 1. The molecule has 0 radical (unpaired) electrons. The fourth-order valence-electron chi connectivity index (χ4n) is 0.766. The predicted molar refractivity (Wildman–Crippen MR) is 55.1 cm³/mol. The average Bonchev–Trinajstić information content (AvgIpc) is 2.11. The van der Waals surface area contributed by atoms with Crippen molar-refractivity contribution in [3.05, 3.63) is 27.7 Å². The van der Waals surface area contributed by atoms with Gasteiger partial charge in [-0.2, -0.15) is 0 Å². The van der Waals surface area contributed by atoms with Gasteiger partial charge in [0.1, 0.15) is 0 Å². The summed E-state index contributed by atoms with van der Waals surface area (Å²) in [5.74, 6) is 0.0878. The van der Waals surface area contributed by atoms with Crippen LogP contribution in [0.15, 0.2) is 22.7 Å². The average molecular weight is 264 g/mol. The molecule has 1 rings (SSSR count). The van der Waals surface area contributed by atoms with Crippen molar-refractivity contribution in [2.45, 2.75) is 13.3 Å². The molecule has 2 nitrogen and oxygen atoms in total. The lowest BCUT2D eigenvalue weighted by Gasteiger charge is -2.06. The Morgan fingerprint density at radius 3 is 2.85 bits per heavy atom. The maximum Gasteiger partial charge on any atom is 0.310 e. The highest BCUT2D eigenvalue weighted by molar-refractivity contribution is 9.10. The van der Waals surface area contributed by atoms with Gasteiger partial charge in [-0.15, -0.1) is 0 Å². The summed E-state index contributed by atoms with van der Waals surface area (Å²) >= 11 is 9.07. The lowest BCUT2D eigenvalue weighted by atomic mass is 10.3. The van der Waals surface area contributed by atoms with Crippen molar-refractivity contribution in [2.24, 2.45) is 0 Å². The number of ether oxygens (including phenoxy) is 1. The Labute approximate surface area is 90.0 Å². The molecule has 4 heteroatoms. The van der Waals surface area contributed by atoms with Gasteiger partial charge in [-0.3, -0.25) is 4.79 Å². The maximum absolute atomic E-state index is 11.0. The number of hydrogen-bond acceptors (Lipinski definition) is 2. The third kappa shape index (κ3) is 2.71. The van der Waals surface area contributed by atoms with E-state index in [4.69, 9.17) is 16.3 Å². The molecule has 0 aliphatic rings. The monoisotopic (exact) mass is 262 g/mol. The van der Waals surface area contributed by atoms with Crippen LogP contribution in [0.4, 0.5) is 0 Å². The first kappa shape index (κ1) is 10.5. The zero-order valence-corrected chi connectivity index (χ0v) is 9.35. The van der Waals surface area contributed by atoms with Gasteiger partial charge in [0, 0.05) is 6.42 Å². The topological polar surface area (TPSA) is 26.3 Å². The molecule has 0 amide bonds. The highest BCUT2D eigenvalue weighted by atomic mass is 79.9. The quantitative estimate of drug-likeness (QED) is 0.604. The standard InChI is InChI=1S/C9H8BrClO2/c1-2-8(12)13-9-6(10)4-3-5-7(9)11/h3-5H,2H2,1H3. The van der Waals surface area contributed by atoms with E-state index in [1.165, 1.54) is 0 Å². The number of rotatable bonds is 2. The van der Waals surface area contributed by atoms with E-state index in [-0.39, 0.29) is 5.97 Å². The second-order valence-electron chi connectivity index (χ2n) is 2.38. The Kier molecular flexibility index (Phi) is 3.75. The van der Waals surface area contributed by atoms with E-state index in [2.05, 4.69) is 15.9 Å². The minimum Gasteiger partial charge on any atom is -0.424 e. The van der Waals surface area contributed by atoms with Crippen LogP contribution in [-0.2, 0) is 4.79 Å². The van der Waals surface area contributed by atoms with Gasteiger partial charge in [-0.1, -0.05) is 24.6 Å². The molecule has 0 spiro atoms. The van der Waals surface area contributed by atoms with Crippen molar-refractivity contribution in [2.75, 3.05) is 0 Å². The summed E-state index contributed by atoms with van der Waals surface area (Å²) in [5.41, 5.74) is 0. The SMILES string of the molecule is CCC(=O)Oc1c(Cl)cccc1Br. The second-order valence-corrected chi connectivity index (χ2v) is 3.64. The summed E-state index contributed by atoms with van der Waals surface area (Å²) in [6, 6.07) is 5.21. The Balaban J connectivity index is 2.93. The summed E-state index contributed by atoms with van der Waals surface area (Å²) < 4.78 is 5.69. The van der Waals surface area contributed by atoms with Crippen LogP contribution in [0.5, 0.6) is 5.75 Å². The van der Waals surface area contributed by atoms with Crippen molar-refractivity contribution in [3.63, 3.8) is 0 Å². The molecular formula is C9H8BrClO2. The fraction of sp³-hybridized carbons (Fsp3) is 0.222. The van der Waals surface area contributed by atoms with Crippen LogP contribution in [-0.4, -0.2) is 5.97 Å². The van der Waals surface area contributed by atoms with Gasteiger partial charge in [-0.25, -0.2) is 0 Å². The first-order valence-corrected chi connectivity index (χ1v) is 4.97. The van der Waals surface area contributed by atoms with Gasteiger partial charge < -0.3 is 4.74 Å². The van der Waals surface area contributed by atoms with E-state index < -0.39 is 0 Å². The van der Waals surface area contributed by atoms with E-state index in [0.717, 1.165) is 0 Å². The molecule has 70 valence electrons. The highest BCUT2D eigenvalue weighted by Crippen LogP contribution is 2.32. The van der Waals surface area contributed by atoms with Crippen LogP contribution in [0.1, 0.15) is 13.3 Å². The number of hydrogen-bond donors (Lipinski definition) is 0. The third-order valence-electron chi connectivity index (χ3n) is 1.42. The van der Waals surface area contributed by atoms with Crippen molar-refractivity contribution in [1.82, 2.24) is 0 Å². The van der Waals surface area contributed by atoms with E-state index in [0.29, 0.717) is 21.7 Å². The van der Waals surface area contributed by atoms with Crippen molar-refractivity contribution in [1.29, 1.82) is 0 Å². The van der Waals surface area contributed by atoms with E-state index in [9.17, 15) is 4.79 Å². The zero-order valence-electron chi connectivity index (χ0n) is 7.01. The minimum atomic E-state index is -0.297. The summed E-state index contributed by atoms with van der Waals surface area (Å²) in [6.07, 6.45) is 0.331. The predicted octanol–water partition coefficient (Wildman–Crippen LogP) is 3.42. The Morgan fingerprint density at radius 1 is 1.62 bits per heavy atom. The van der Waals surface area contributed by atoms with Gasteiger partial charge in [0.25, 0.3) is 0 Å². The first-order chi connectivity index (χ1) is 6.15. The third-order valence-corrected chi connectivity index (χ3v) is 2.35. The molecule has 0 N–H and O–H groups in total. The highest BCUT2D eigenvalue weighted by Gasteiger charge is 2.09. The lowest BCUT2D eigenvalue weighted by Crippen LogP contribution is -2.06. The fourth-order valence-corrected chi connectivity index (χ4v) is 1.54. The van der Waals surface area contributed by atoms with Crippen LogP contribution in [0.2, 0.25) is 5.02 Å². The van der Waals surface area contributed by atoms with E-state index in [1.807, 2.05) is 0 Å². The molecule has 0 aliphatic heterocycles. The second kappa shape index (κ2) is 4.63. The van der Waals surface area contributed by atoms with Crippen LogP contribution in [0.3, 0.4) is 0 Å². The molecule has 0 saturated heterocycles. The van der Waals surface area contributed by atoms with Crippen LogP contribution < -0.4 is 4.74 Å². The van der Waals surface area contributed by atoms with Crippen LogP contribution in [0, 0.1) is 0 Å². The smallest absolute Gasteiger partial charge is 0.310 e. The molecule has 0 bridgehead atoms. The molecular weight excluding hydrogens is 255 g/mol.